The summed E-state index contributed by atoms with van der Waals surface area (Å²) in [6, 6.07) is 4.50. The van der Waals surface area contributed by atoms with Gasteiger partial charge in [-0.05, 0) is 18.2 Å². The zero-order valence-electron chi connectivity index (χ0n) is 7.69. The molecular weight excluding hydrogens is 263 g/mol. The molecule has 1 aromatic carbocycles. The fourth-order valence-electron chi connectivity index (χ4n) is 1.25. The second kappa shape index (κ2) is 4.12. The number of halogens is 2. The van der Waals surface area contributed by atoms with Gasteiger partial charge in [0.1, 0.15) is 5.82 Å². The number of rotatable bonds is 2. The largest absolute Gasteiger partial charge is 0.392 e. The van der Waals surface area contributed by atoms with E-state index < -0.39 is 0 Å². The van der Waals surface area contributed by atoms with Gasteiger partial charge in [0.25, 0.3) is 0 Å². The van der Waals surface area contributed by atoms with Gasteiger partial charge in [-0.1, -0.05) is 15.9 Å². The van der Waals surface area contributed by atoms with Gasteiger partial charge in [0.05, 0.1) is 18.5 Å². The molecule has 0 spiro atoms. The number of benzene rings is 1. The highest BCUT2D eigenvalue weighted by Crippen LogP contribution is 2.17. The van der Waals surface area contributed by atoms with E-state index in [-0.39, 0.29) is 12.4 Å². The third-order valence-corrected chi connectivity index (χ3v) is 2.39. The zero-order chi connectivity index (χ0) is 10.8. The number of hydrogen-bond acceptors (Lipinski definition) is 2. The summed E-state index contributed by atoms with van der Waals surface area (Å²) in [5.74, 6) is -0.333. The van der Waals surface area contributed by atoms with Crippen molar-refractivity contribution in [1.82, 2.24) is 9.78 Å². The van der Waals surface area contributed by atoms with Crippen LogP contribution in [0.4, 0.5) is 4.39 Å². The molecule has 0 saturated carbocycles. The van der Waals surface area contributed by atoms with E-state index in [0.717, 1.165) is 0 Å². The van der Waals surface area contributed by atoms with Gasteiger partial charge in [0.2, 0.25) is 0 Å². The molecule has 1 aromatic heterocycles. The summed E-state index contributed by atoms with van der Waals surface area (Å²) in [5.41, 5.74) is 1.30. The van der Waals surface area contributed by atoms with Crippen LogP contribution in [0.3, 0.4) is 0 Å². The lowest BCUT2D eigenvalue weighted by Gasteiger charge is -2.01. The van der Waals surface area contributed by atoms with Crippen molar-refractivity contribution in [1.29, 1.82) is 0 Å². The Morgan fingerprint density at radius 1 is 1.40 bits per heavy atom. The topological polar surface area (TPSA) is 38.1 Å². The monoisotopic (exact) mass is 270 g/mol. The lowest BCUT2D eigenvalue weighted by molar-refractivity contribution is 0.282. The van der Waals surface area contributed by atoms with Gasteiger partial charge in [0.15, 0.2) is 0 Å². The highest BCUT2D eigenvalue weighted by atomic mass is 79.9. The van der Waals surface area contributed by atoms with Crippen molar-refractivity contribution in [2.24, 2.45) is 0 Å². The maximum Gasteiger partial charge on any atom is 0.126 e. The van der Waals surface area contributed by atoms with E-state index >= 15 is 0 Å². The van der Waals surface area contributed by atoms with E-state index in [1.54, 1.807) is 18.5 Å². The maximum atomic E-state index is 13.1. The van der Waals surface area contributed by atoms with Crippen molar-refractivity contribution in [3.05, 3.63) is 46.4 Å². The van der Waals surface area contributed by atoms with Crippen molar-refractivity contribution < 1.29 is 9.50 Å². The smallest absolute Gasteiger partial charge is 0.126 e. The Morgan fingerprint density at radius 2 is 2.20 bits per heavy atom. The van der Waals surface area contributed by atoms with Crippen molar-refractivity contribution in [3.63, 3.8) is 0 Å². The summed E-state index contributed by atoms with van der Waals surface area (Å²) in [4.78, 5) is 0. The fourth-order valence-corrected chi connectivity index (χ4v) is 1.71. The normalized spacial score (nSPS) is 10.6. The summed E-state index contributed by atoms with van der Waals surface area (Å²) in [7, 11) is 0. The van der Waals surface area contributed by atoms with Crippen LogP contribution in [0.15, 0.2) is 35.1 Å². The number of nitrogens with zero attached hydrogens (tertiary/aromatic N) is 2. The number of aromatic nitrogens is 2. The Kier molecular flexibility index (Phi) is 2.83. The minimum absolute atomic E-state index is 0.0729. The Morgan fingerprint density at radius 3 is 2.80 bits per heavy atom. The molecule has 15 heavy (non-hydrogen) atoms. The molecule has 0 aliphatic heterocycles. The summed E-state index contributed by atoms with van der Waals surface area (Å²) >= 11 is 3.20. The molecule has 0 saturated heterocycles. The number of aliphatic hydroxyl groups is 1. The van der Waals surface area contributed by atoms with Crippen LogP contribution in [0.25, 0.3) is 5.69 Å². The molecule has 2 aromatic rings. The second-order valence-electron chi connectivity index (χ2n) is 3.08. The van der Waals surface area contributed by atoms with E-state index in [1.165, 1.54) is 16.8 Å². The molecule has 78 valence electrons. The van der Waals surface area contributed by atoms with Crippen LogP contribution in [0.5, 0.6) is 0 Å². The molecule has 0 bridgehead atoms. The van der Waals surface area contributed by atoms with E-state index in [1.807, 2.05) is 0 Å². The molecule has 0 radical (unpaired) electrons. The summed E-state index contributed by atoms with van der Waals surface area (Å²) in [6.45, 7) is -0.0729. The summed E-state index contributed by atoms with van der Waals surface area (Å²) < 4.78 is 15.2. The minimum Gasteiger partial charge on any atom is -0.392 e. The third kappa shape index (κ3) is 2.24. The lowest BCUT2D eigenvalue weighted by Crippen LogP contribution is -1.95. The van der Waals surface area contributed by atoms with Crippen LogP contribution < -0.4 is 0 Å². The van der Waals surface area contributed by atoms with Crippen molar-refractivity contribution >= 4 is 15.9 Å². The molecule has 3 nitrogen and oxygen atoms in total. The number of aliphatic hydroxyl groups excluding tert-OH is 1. The van der Waals surface area contributed by atoms with Crippen LogP contribution in [-0.4, -0.2) is 14.9 Å². The highest BCUT2D eigenvalue weighted by Gasteiger charge is 2.03. The van der Waals surface area contributed by atoms with Gasteiger partial charge in [-0.2, -0.15) is 5.10 Å². The molecule has 0 fully saturated rings. The first kappa shape index (κ1) is 10.3. The van der Waals surface area contributed by atoms with E-state index in [2.05, 4.69) is 21.0 Å². The Bertz CT molecular complexity index is 464. The van der Waals surface area contributed by atoms with Gasteiger partial charge in [0, 0.05) is 16.2 Å². The van der Waals surface area contributed by atoms with Crippen molar-refractivity contribution in [2.75, 3.05) is 0 Å². The Hall–Kier alpha value is -1.20. The van der Waals surface area contributed by atoms with Gasteiger partial charge in [-0.15, -0.1) is 0 Å². The molecule has 1 N–H and O–H groups in total. The van der Waals surface area contributed by atoms with Crippen LogP contribution in [0.2, 0.25) is 0 Å². The lowest BCUT2D eigenvalue weighted by atomic mass is 10.3. The standard InChI is InChI=1S/C10H8BrFN2O/c11-8-1-9(12)3-10(2-8)14-5-7(6-15)4-13-14/h1-5,15H,6H2. The molecule has 1 heterocycles. The average molecular weight is 271 g/mol. The first-order chi connectivity index (χ1) is 7.19. The molecule has 0 amide bonds. The van der Waals surface area contributed by atoms with Gasteiger partial charge < -0.3 is 5.11 Å². The van der Waals surface area contributed by atoms with Crippen LogP contribution in [0.1, 0.15) is 5.56 Å². The molecule has 0 unspecified atom stereocenters. The van der Waals surface area contributed by atoms with Gasteiger partial charge >= 0.3 is 0 Å². The third-order valence-electron chi connectivity index (χ3n) is 1.93. The van der Waals surface area contributed by atoms with Crippen LogP contribution in [-0.2, 0) is 6.61 Å². The molecule has 0 atom stereocenters. The molecule has 2 rings (SSSR count). The van der Waals surface area contributed by atoms with Crippen molar-refractivity contribution in [2.45, 2.75) is 6.61 Å². The Balaban J connectivity index is 2.44. The Labute approximate surface area is 94.3 Å². The second-order valence-corrected chi connectivity index (χ2v) is 3.99. The number of hydrogen-bond donors (Lipinski definition) is 1. The summed E-state index contributed by atoms with van der Waals surface area (Å²) in [5, 5.41) is 12.9. The van der Waals surface area contributed by atoms with E-state index in [0.29, 0.717) is 15.7 Å². The summed E-state index contributed by atoms with van der Waals surface area (Å²) in [6.07, 6.45) is 3.19. The predicted molar refractivity (Wildman–Crippen MR) is 57.1 cm³/mol. The molecular formula is C10H8BrFN2O. The van der Waals surface area contributed by atoms with Crippen LogP contribution >= 0.6 is 15.9 Å². The van der Waals surface area contributed by atoms with E-state index in [9.17, 15) is 4.39 Å². The quantitative estimate of drug-likeness (QED) is 0.909. The maximum absolute atomic E-state index is 13.1. The molecule has 0 aliphatic rings. The van der Waals surface area contributed by atoms with Crippen LogP contribution in [0, 0.1) is 5.82 Å². The molecule has 5 heteroatoms. The van der Waals surface area contributed by atoms with E-state index in [4.69, 9.17) is 5.11 Å². The minimum atomic E-state index is -0.333. The predicted octanol–water partition coefficient (Wildman–Crippen LogP) is 2.27. The van der Waals surface area contributed by atoms with Gasteiger partial charge in [-0.3, -0.25) is 0 Å². The van der Waals surface area contributed by atoms with Gasteiger partial charge in [-0.25, -0.2) is 9.07 Å². The SMILES string of the molecule is OCc1cnn(-c2cc(F)cc(Br)c2)c1. The molecule has 0 aliphatic carbocycles. The van der Waals surface area contributed by atoms with Crippen molar-refractivity contribution in [3.8, 4) is 5.69 Å². The highest BCUT2D eigenvalue weighted by molar-refractivity contribution is 9.10. The first-order valence-corrected chi connectivity index (χ1v) is 5.09. The first-order valence-electron chi connectivity index (χ1n) is 4.30. The fraction of sp³-hybridized carbons (Fsp3) is 0.100. The average Bonchev–Trinajstić information content (AvgIpc) is 2.64. The zero-order valence-corrected chi connectivity index (χ0v) is 9.28.